The summed E-state index contributed by atoms with van der Waals surface area (Å²) in [4.78, 5) is 17.9. The number of carbonyl (C=O) groups is 1. The van der Waals surface area contributed by atoms with E-state index in [9.17, 15) is 18.0 Å². The molecule has 2 aromatic rings. The molecular weight excluding hydrogens is 403 g/mol. The highest BCUT2D eigenvalue weighted by Gasteiger charge is 2.33. The van der Waals surface area contributed by atoms with Gasteiger partial charge in [-0.2, -0.15) is 13.2 Å². The molecule has 0 bridgehead atoms. The molecule has 1 aliphatic heterocycles. The molecule has 1 amide bonds. The summed E-state index contributed by atoms with van der Waals surface area (Å²) in [6.45, 7) is 1.13. The molecule has 2 heterocycles. The molecule has 1 atom stereocenters. The second-order valence-corrected chi connectivity index (χ2v) is 7.85. The van der Waals surface area contributed by atoms with Crippen LogP contribution in [0.2, 0.25) is 5.02 Å². The van der Waals surface area contributed by atoms with E-state index in [1.165, 1.54) is 28.3 Å². The molecule has 0 saturated carbocycles. The van der Waals surface area contributed by atoms with Gasteiger partial charge in [0.25, 0.3) is 0 Å². The fourth-order valence-electron chi connectivity index (χ4n) is 3.97. The van der Waals surface area contributed by atoms with E-state index in [-0.39, 0.29) is 12.3 Å². The van der Waals surface area contributed by atoms with E-state index in [0.29, 0.717) is 23.7 Å². The van der Waals surface area contributed by atoms with Crippen molar-refractivity contribution in [3.8, 4) is 0 Å². The quantitative estimate of drug-likeness (QED) is 0.799. The molecule has 1 unspecified atom stereocenters. The van der Waals surface area contributed by atoms with Gasteiger partial charge in [-0.3, -0.25) is 9.78 Å². The highest BCUT2D eigenvalue weighted by Crippen LogP contribution is 2.39. The largest absolute Gasteiger partial charge is 0.433 e. The van der Waals surface area contributed by atoms with Crippen LogP contribution < -0.4 is 5.73 Å². The molecule has 4 nitrogen and oxygen atoms in total. The van der Waals surface area contributed by atoms with Crippen LogP contribution in [0.5, 0.6) is 0 Å². The van der Waals surface area contributed by atoms with Gasteiger partial charge in [0.05, 0.1) is 0 Å². The molecule has 8 heteroatoms. The van der Waals surface area contributed by atoms with E-state index in [2.05, 4.69) is 4.98 Å². The van der Waals surface area contributed by atoms with Crippen molar-refractivity contribution in [2.75, 3.05) is 13.1 Å². The van der Waals surface area contributed by atoms with Crippen LogP contribution in [0.3, 0.4) is 0 Å². The van der Waals surface area contributed by atoms with Crippen LogP contribution in [0.15, 0.2) is 42.1 Å². The number of benzene rings is 1. The van der Waals surface area contributed by atoms with Gasteiger partial charge in [0.1, 0.15) is 5.69 Å². The van der Waals surface area contributed by atoms with Crippen LogP contribution in [0, 0.1) is 0 Å². The van der Waals surface area contributed by atoms with Crippen LogP contribution in [0.1, 0.15) is 41.3 Å². The van der Waals surface area contributed by atoms with Crippen molar-refractivity contribution in [3.05, 3.63) is 69.5 Å². The van der Waals surface area contributed by atoms with Crippen LogP contribution in [-0.4, -0.2) is 28.9 Å². The topological polar surface area (TPSA) is 59.2 Å². The summed E-state index contributed by atoms with van der Waals surface area (Å²) in [7, 11) is 0. The zero-order valence-electron chi connectivity index (χ0n) is 15.5. The second-order valence-electron chi connectivity index (χ2n) is 7.41. The van der Waals surface area contributed by atoms with Crippen molar-refractivity contribution in [3.63, 3.8) is 0 Å². The second kappa shape index (κ2) is 7.46. The standard InChI is InChI=1S/C21H19ClF3N3O/c22-15-3-1-12-7-14-11-28(6-5-16(14)17(12)8-15)20(29)9-18(26)13-2-4-19(27-10-13)21(23,24)25/h1-4,8,10,18H,5-7,9,11,26H2. The number of nitrogens with two attached hydrogens (primary N) is 1. The van der Waals surface area contributed by atoms with Gasteiger partial charge in [-0.15, -0.1) is 0 Å². The first kappa shape index (κ1) is 19.9. The Morgan fingerprint density at radius 2 is 2.07 bits per heavy atom. The van der Waals surface area contributed by atoms with Gasteiger partial charge in [0.15, 0.2) is 0 Å². The molecule has 0 spiro atoms. The van der Waals surface area contributed by atoms with Gasteiger partial charge < -0.3 is 10.6 Å². The molecule has 0 saturated heterocycles. The first-order chi connectivity index (χ1) is 13.7. The maximum absolute atomic E-state index is 12.7. The number of carbonyl (C=O) groups excluding carboxylic acids is 1. The summed E-state index contributed by atoms with van der Waals surface area (Å²) in [5.74, 6) is -0.113. The number of halogens is 4. The molecule has 1 aromatic heterocycles. The van der Waals surface area contributed by atoms with Gasteiger partial charge >= 0.3 is 6.18 Å². The number of pyridine rings is 1. The molecule has 4 rings (SSSR count). The van der Waals surface area contributed by atoms with Crippen LogP contribution in [0.25, 0.3) is 5.57 Å². The smallest absolute Gasteiger partial charge is 0.338 e. The summed E-state index contributed by atoms with van der Waals surface area (Å²) in [6, 6.07) is 7.34. The Morgan fingerprint density at radius 1 is 1.28 bits per heavy atom. The molecular formula is C21H19ClF3N3O. The van der Waals surface area contributed by atoms with Gasteiger partial charge in [-0.25, -0.2) is 0 Å². The highest BCUT2D eigenvalue weighted by molar-refractivity contribution is 6.30. The van der Waals surface area contributed by atoms with Crippen molar-refractivity contribution in [2.45, 2.75) is 31.5 Å². The van der Waals surface area contributed by atoms with E-state index in [0.717, 1.165) is 25.1 Å². The summed E-state index contributed by atoms with van der Waals surface area (Å²) < 4.78 is 37.9. The third kappa shape index (κ3) is 4.02. The first-order valence-corrected chi connectivity index (χ1v) is 9.66. The predicted octanol–water partition coefficient (Wildman–Crippen LogP) is 4.39. The summed E-state index contributed by atoms with van der Waals surface area (Å²) in [6.07, 6.45) is -1.82. The molecule has 0 fully saturated rings. The predicted molar refractivity (Wildman–Crippen MR) is 104 cm³/mol. The number of hydrogen-bond donors (Lipinski definition) is 1. The highest BCUT2D eigenvalue weighted by atomic mass is 35.5. The lowest BCUT2D eigenvalue weighted by Crippen LogP contribution is -2.38. The van der Waals surface area contributed by atoms with Crippen molar-refractivity contribution in [1.82, 2.24) is 9.88 Å². The Kier molecular flexibility index (Phi) is 5.12. The Balaban J connectivity index is 1.41. The minimum atomic E-state index is -4.50. The maximum atomic E-state index is 12.7. The van der Waals surface area contributed by atoms with Gasteiger partial charge in [0, 0.05) is 36.8 Å². The van der Waals surface area contributed by atoms with E-state index >= 15 is 0 Å². The van der Waals surface area contributed by atoms with Crippen molar-refractivity contribution < 1.29 is 18.0 Å². The molecule has 1 aliphatic carbocycles. The Bertz CT molecular complexity index is 986. The molecule has 1 aromatic carbocycles. The number of alkyl halides is 3. The van der Waals surface area contributed by atoms with E-state index < -0.39 is 17.9 Å². The molecule has 0 radical (unpaired) electrons. The lowest BCUT2D eigenvalue weighted by molar-refractivity contribution is -0.141. The Hall–Kier alpha value is -2.38. The van der Waals surface area contributed by atoms with Gasteiger partial charge in [-0.05, 0) is 58.9 Å². The molecule has 152 valence electrons. The van der Waals surface area contributed by atoms with Gasteiger partial charge in [0.2, 0.25) is 5.91 Å². The number of aromatic nitrogens is 1. The summed E-state index contributed by atoms with van der Waals surface area (Å²) >= 11 is 6.12. The first-order valence-electron chi connectivity index (χ1n) is 9.28. The van der Waals surface area contributed by atoms with E-state index in [4.69, 9.17) is 17.3 Å². The van der Waals surface area contributed by atoms with E-state index in [1.807, 2.05) is 18.2 Å². The average Bonchev–Trinajstić information content (AvgIpc) is 3.04. The third-order valence-corrected chi connectivity index (χ3v) is 5.73. The van der Waals surface area contributed by atoms with Crippen LogP contribution in [0.4, 0.5) is 13.2 Å². The number of fused-ring (bicyclic) bond motifs is 2. The summed E-state index contributed by atoms with van der Waals surface area (Å²) in [5.41, 5.74) is 10.4. The number of rotatable bonds is 3. The lowest BCUT2D eigenvalue weighted by atomic mass is 9.98. The van der Waals surface area contributed by atoms with Crippen LogP contribution >= 0.6 is 11.6 Å². The summed E-state index contributed by atoms with van der Waals surface area (Å²) in [5, 5.41) is 0.701. The Labute approximate surface area is 171 Å². The number of hydrogen-bond acceptors (Lipinski definition) is 3. The Morgan fingerprint density at radius 3 is 2.76 bits per heavy atom. The van der Waals surface area contributed by atoms with Crippen molar-refractivity contribution in [1.29, 1.82) is 0 Å². The zero-order valence-corrected chi connectivity index (χ0v) is 16.2. The zero-order chi connectivity index (χ0) is 20.8. The molecule has 29 heavy (non-hydrogen) atoms. The minimum Gasteiger partial charge on any atom is -0.338 e. The lowest BCUT2D eigenvalue weighted by Gasteiger charge is -2.29. The molecule has 2 N–H and O–H groups in total. The molecule has 2 aliphatic rings. The number of nitrogens with zero attached hydrogens (tertiary/aromatic N) is 2. The fourth-order valence-corrected chi connectivity index (χ4v) is 4.14. The average molecular weight is 422 g/mol. The monoisotopic (exact) mass is 421 g/mol. The van der Waals surface area contributed by atoms with Gasteiger partial charge in [-0.1, -0.05) is 23.7 Å². The third-order valence-electron chi connectivity index (χ3n) is 5.49. The van der Waals surface area contributed by atoms with Crippen molar-refractivity contribution in [2.24, 2.45) is 5.73 Å². The normalized spacial score (nSPS) is 17.2. The van der Waals surface area contributed by atoms with E-state index in [1.54, 1.807) is 4.90 Å². The van der Waals surface area contributed by atoms with Crippen LogP contribution in [-0.2, 0) is 17.4 Å². The maximum Gasteiger partial charge on any atom is 0.433 e. The number of amides is 1. The van der Waals surface area contributed by atoms with Crippen molar-refractivity contribution >= 4 is 23.1 Å². The minimum absolute atomic E-state index is 0.0223. The fraction of sp³-hybridized carbons (Fsp3) is 0.333. The SMILES string of the molecule is NC(CC(=O)N1CCC2=C(Cc3ccc(Cl)cc32)C1)c1ccc(C(F)(F)F)nc1.